The lowest BCUT2D eigenvalue weighted by Gasteiger charge is -2.23. The fourth-order valence-electron chi connectivity index (χ4n) is 3.03. The third-order valence-electron chi connectivity index (χ3n) is 4.48. The van der Waals surface area contributed by atoms with E-state index in [0.29, 0.717) is 0 Å². The maximum atomic E-state index is 14.0. The fraction of sp³-hybridized carbons (Fsp3) is 0.286. The highest BCUT2D eigenvalue weighted by Crippen LogP contribution is 2.32. The molecule has 31 heavy (non-hydrogen) atoms. The molecular formula is C21H21F4N3O3. The van der Waals surface area contributed by atoms with Crippen LogP contribution in [0.3, 0.4) is 0 Å². The summed E-state index contributed by atoms with van der Waals surface area (Å²) in [5.41, 5.74) is 4.23. The molecule has 2 atom stereocenters. The van der Waals surface area contributed by atoms with Crippen LogP contribution in [0.1, 0.15) is 23.6 Å². The van der Waals surface area contributed by atoms with Crippen molar-refractivity contribution in [3.63, 3.8) is 0 Å². The number of benzene rings is 2. The van der Waals surface area contributed by atoms with Crippen molar-refractivity contribution in [3.05, 3.63) is 71.0 Å². The highest BCUT2D eigenvalue weighted by atomic mass is 19.4. The fourth-order valence-corrected chi connectivity index (χ4v) is 3.03. The monoisotopic (exact) mass is 439 g/mol. The number of hydrogen-bond acceptors (Lipinski definition) is 3. The second-order valence-corrected chi connectivity index (χ2v) is 6.87. The molecule has 0 saturated carbocycles. The van der Waals surface area contributed by atoms with Gasteiger partial charge < -0.3 is 16.4 Å². The van der Waals surface area contributed by atoms with Crippen molar-refractivity contribution < 1.29 is 31.9 Å². The van der Waals surface area contributed by atoms with E-state index < -0.39 is 53.8 Å². The highest BCUT2D eigenvalue weighted by Gasteiger charge is 2.34. The van der Waals surface area contributed by atoms with E-state index in [0.717, 1.165) is 13.0 Å². The van der Waals surface area contributed by atoms with E-state index in [2.05, 4.69) is 10.6 Å². The molecule has 0 aliphatic carbocycles. The number of carbonyl (C=O) groups is 3. The van der Waals surface area contributed by atoms with Crippen molar-refractivity contribution in [2.45, 2.75) is 38.0 Å². The lowest BCUT2D eigenvalue weighted by molar-refractivity contribution is -0.138. The maximum Gasteiger partial charge on any atom is 0.416 e. The molecule has 0 unspecified atom stereocenters. The molecule has 166 valence electrons. The van der Waals surface area contributed by atoms with E-state index in [9.17, 15) is 31.9 Å². The standard InChI is InChI=1S/C21H21F4N3O3/c1-12(29)27-18(11-14-7-3-5-9-16(14)22)20(31)28-17(19(26)30)10-13-6-2-4-8-15(13)21(23,24)25/h2-9,17-18H,10-11H2,1H3,(H2,26,30)(H,27,29)(H,28,31)/t17-,18-/m0/s1. The Bertz CT molecular complexity index is 963. The minimum absolute atomic E-state index is 0.134. The smallest absolute Gasteiger partial charge is 0.368 e. The van der Waals surface area contributed by atoms with Gasteiger partial charge in [-0.05, 0) is 23.3 Å². The lowest BCUT2D eigenvalue weighted by atomic mass is 9.98. The first kappa shape index (κ1) is 23.8. The zero-order chi connectivity index (χ0) is 23.2. The normalized spacial score (nSPS) is 13.2. The third kappa shape index (κ3) is 6.80. The molecule has 0 spiro atoms. The molecule has 0 heterocycles. The Hall–Kier alpha value is -3.43. The van der Waals surface area contributed by atoms with E-state index in [-0.39, 0.29) is 17.5 Å². The van der Waals surface area contributed by atoms with Gasteiger partial charge in [0.15, 0.2) is 0 Å². The number of amides is 3. The highest BCUT2D eigenvalue weighted by molar-refractivity contribution is 5.91. The summed E-state index contributed by atoms with van der Waals surface area (Å²) in [6, 6.07) is 7.44. The molecule has 0 radical (unpaired) electrons. The van der Waals surface area contributed by atoms with Crippen LogP contribution in [0.2, 0.25) is 0 Å². The summed E-state index contributed by atoms with van der Waals surface area (Å²) >= 11 is 0. The molecule has 0 aliphatic rings. The predicted molar refractivity (Wildman–Crippen MR) is 104 cm³/mol. The Balaban J connectivity index is 2.24. The van der Waals surface area contributed by atoms with Gasteiger partial charge in [-0.3, -0.25) is 14.4 Å². The molecule has 2 rings (SSSR count). The molecule has 0 aromatic heterocycles. The van der Waals surface area contributed by atoms with Gasteiger partial charge in [0.2, 0.25) is 17.7 Å². The summed E-state index contributed by atoms with van der Waals surface area (Å²) in [6.45, 7) is 1.15. The third-order valence-corrected chi connectivity index (χ3v) is 4.48. The minimum Gasteiger partial charge on any atom is -0.368 e. The quantitative estimate of drug-likeness (QED) is 0.549. The summed E-state index contributed by atoms with van der Waals surface area (Å²) in [4.78, 5) is 36.0. The lowest BCUT2D eigenvalue weighted by Crippen LogP contribution is -2.54. The van der Waals surface area contributed by atoms with Crippen LogP contribution in [0.15, 0.2) is 48.5 Å². The topological polar surface area (TPSA) is 101 Å². The predicted octanol–water partition coefficient (Wildman–Crippen LogP) is 2.10. The van der Waals surface area contributed by atoms with E-state index >= 15 is 0 Å². The molecule has 2 aromatic carbocycles. The average molecular weight is 439 g/mol. The molecule has 0 saturated heterocycles. The Morgan fingerprint density at radius 1 is 0.903 bits per heavy atom. The second kappa shape index (κ2) is 10.1. The zero-order valence-electron chi connectivity index (χ0n) is 16.5. The number of carbonyl (C=O) groups excluding carboxylic acids is 3. The Kier molecular flexibility index (Phi) is 7.73. The van der Waals surface area contributed by atoms with Crippen molar-refractivity contribution in [1.29, 1.82) is 0 Å². The first-order valence-electron chi connectivity index (χ1n) is 9.24. The van der Waals surface area contributed by atoms with Gasteiger partial charge in [-0.15, -0.1) is 0 Å². The molecule has 6 nitrogen and oxygen atoms in total. The molecule has 4 N–H and O–H groups in total. The number of nitrogens with one attached hydrogen (secondary N) is 2. The molecule has 2 aromatic rings. The number of primary amides is 1. The molecule has 0 aliphatic heterocycles. The Labute approximate surface area is 175 Å². The average Bonchev–Trinajstić information content (AvgIpc) is 2.67. The van der Waals surface area contributed by atoms with Gasteiger partial charge in [0.05, 0.1) is 5.56 Å². The van der Waals surface area contributed by atoms with E-state index in [1.807, 2.05) is 0 Å². The van der Waals surface area contributed by atoms with Gasteiger partial charge in [-0.2, -0.15) is 13.2 Å². The summed E-state index contributed by atoms with van der Waals surface area (Å²) in [7, 11) is 0. The minimum atomic E-state index is -4.66. The van der Waals surface area contributed by atoms with Crippen molar-refractivity contribution in [1.82, 2.24) is 10.6 Å². The van der Waals surface area contributed by atoms with Crippen molar-refractivity contribution in [3.8, 4) is 0 Å². The first-order chi connectivity index (χ1) is 14.5. The number of alkyl halides is 3. The number of hydrogen-bond donors (Lipinski definition) is 3. The summed E-state index contributed by atoms with van der Waals surface area (Å²) < 4.78 is 53.6. The zero-order valence-corrected chi connectivity index (χ0v) is 16.5. The number of halogens is 4. The summed E-state index contributed by atoms with van der Waals surface area (Å²) in [6.07, 6.45) is -5.40. The van der Waals surface area contributed by atoms with Crippen molar-refractivity contribution >= 4 is 17.7 Å². The van der Waals surface area contributed by atoms with Crippen LogP contribution >= 0.6 is 0 Å². The Morgan fingerprint density at radius 2 is 1.45 bits per heavy atom. The number of rotatable bonds is 8. The van der Waals surface area contributed by atoms with Gasteiger partial charge in [0.25, 0.3) is 0 Å². The van der Waals surface area contributed by atoms with Crippen LogP contribution in [0, 0.1) is 5.82 Å². The van der Waals surface area contributed by atoms with Gasteiger partial charge in [0, 0.05) is 19.8 Å². The summed E-state index contributed by atoms with van der Waals surface area (Å²) in [5, 5.41) is 4.62. The molecule has 10 heteroatoms. The van der Waals surface area contributed by atoms with Gasteiger partial charge >= 0.3 is 6.18 Å². The van der Waals surface area contributed by atoms with Crippen LogP contribution in [-0.2, 0) is 33.4 Å². The van der Waals surface area contributed by atoms with E-state index in [4.69, 9.17) is 5.73 Å². The van der Waals surface area contributed by atoms with Gasteiger partial charge in [0.1, 0.15) is 17.9 Å². The summed E-state index contributed by atoms with van der Waals surface area (Å²) in [5.74, 6) is -3.13. The van der Waals surface area contributed by atoms with Crippen LogP contribution < -0.4 is 16.4 Å². The molecule has 0 bridgehead atoms. The van der Waals surface area contributed by atoms with E-state index in [1.165, 1.54) is 36.4 Å². The van der Waals surface area contributed by atoms with Crippen molar-refractivity contribution in [2.75, 3.05) is 0 Å². The second-order valence-electron chi connectivity index (χ2n) is 6.87. The van der Waals surface area contributed by atoms with Crippen molar-refractivity contribution in [2.24, 2.45) is 5.73 Å². The largest absolute Gasteiger partial charge is 0.416 e. The number of nitrogens with two attached hydrogens (primary N) is 1. The molecular weight excluding hydrogens is 418 g/mol. The van der Waals surface area contributed by atoms with Crippen LogP contribution in [0.25, 0.3) is 0 Å². The van der Waals surface area contributed by atoms with E-state index in [1.54, 1.807) is 6.07 Å². The van der Waals surface area contributed by atoms with Crippen LogP contribution in [-0.4, -0.2) is 29.8 Å². The SMILES string of the molecule is CC(=O)N[C@@H](Cc1ccccc1F)C(=O)N[C@@H](Cc1ccccc1C(F)(F)F)C(N)=O. The first-order valence-corrected chi connectivity index (χ1v) is 9.24. The van der Waals surface area contributed by atoms with Gasteiger partial charge in [-0.1, -0.05) is 36.4 Å². The molecule has 3 amide bonds. The van der Waals surface area contributed by atoms with Gasteiger partial charge in [-0.25, -0.2) is 4.39 Å². The Morgan fingerprint density at radius 3 is 2.00 bits per heavy atom. The van der Waals surface area contributed by atoms with Crippen LogP contribution in [0.4, 0.5) is 17.6 Å². The van der Waals surface area contributed by atoms with Crippen LogP contribution in [0.5, 0.6) is 0 Å². The maximum absolute atomic E-state index is 14.0. The molecule has 0 fully saturated rings.